The highest BCUT2D eigenvalue weighted by molar-refractivity contribution is 7.32. The Morgan fingerprint density at radius 3 is 2.12 bits per heavy atom. The molecule has 0 aliphatic rings. The maximum absolute atomic E-state index is 11.3. The van der Waals surface area contributed by atoms with Gasteiger partial charge in [-0.15, -0.1) is 0 Å². The lowest BCUT2D eigenvalue weighted by Crippen LogP contribution is -2.23. The average Bonchev–Trinajstić information content (AvgIpc) is 2.72. The van der Waals surface area contributed by atoms with Crippen LogP contribution in [-0.2, 0) is 14.9 Å². The summed E-state index contributed by atoms with van der Waals surface area (Å²) in [5, 5.41) is 0. The van der Waals surface area contributed by atoms with Crippen molar-refractivity contribution in [2.75, 3.05) is 7.11 Å². The van der Waals surface area contributed by atoms with Gasteiger partial charge in [0, 0.05) is 18.7 Å². The molecule has 0 aliphatic heterocycles. The molecule has 0 radical (unpaired) electrons. The maximum Gasteiger partial charge on any atom is 0.365 e. The molecule has 9 heteroatoms. The molecule has 8 nitrogen and oxygen atoms in total. The molecule has 3 rings (SSSR count). The molecular weight excluding hydrogens is 443 g/mol. The van der Waals surface area contributed by atoms with Crippen LogP contribution in [0.2, 0.25) is 0 Å². The number of rotatable bonds is 8. The van der Waals surface area contributed by atoms with E-state index in [4.69, 9.17) is 18.7 Å². The minimum absolute atomic E-state index is 0.183. The monoisotopic (exact) mass is 472 g/mol. The lowest BCUT2D eigenvalue weighted by molar-refractivity contribution is 0.0189. The third-order valence-corrected chi connectivity index (χ3v) is 5.05. The summed E-state index contributed by atoms with van der Waals surface area (Å²) in [5.41, 5.74) is 0.337. The minimum Gasteiger partial charge on any atom is -0.472 e. The van der Waals surface area contributed by atoms with Gasteiger partial charge in [0.1, 0.15) is 17.1 Å². The Hall–Kier alpha value is -2.93. The van der Waals surface area contributed by atoms with Crippen LogP contribution in [0, 0.1) is 0 Å². The van der Waals surface area contributed by atoms with Gasteiger partial charge < -0.3 is 23.6 Å². The van der Waals surface area contributed by atoms with E-state index < -0.39 is 19.5 Å². The average molecular weight is 472 g/mol. The van der Waals surface area contributed by atoms with Crippen molar-refractivity contribution in [2.24, 2.45) is 0 Å². The van der Waals surface area contributed by atoms with Gasteiger partial charge in [-0.3, -0.25) is 0 Å². The Morgan fingerprint density at radius 1 is 0.879 bits per heavy atom. The summed E-state index contributed by atoms with van der Waals surface area (Å²) in [5.74, 6) is 1.59. The van der Waals surface area contributed by atoms with Crippen molar-refractivity contribution in [3.8, 4) is 34.6 Å². The van der Waals surface area contributed by atoms with Crippen molar-refractivity contribution in [1.82, 2.24) is 9.97 Å². The van der Waals surface area contributed by atoms with Crippen LogP contribution < -0.4 is 14.0 Å². The van der Waals surface area contributed by atoms with Crippen molar-refractivity contribution >= 4 is 8.25 Å². The highest BCUT2D eigenvalue weighted by Crippen LogP contribution is 2.36. The van der Waals surface area contributed by atoms with Crippen LogP contribution in [0.15, 0.2) is 54.6 Å². The molecule has 1 atom stereocenters. The third kappa shape index (κ3) is 7.02. The highest BCUT2D eigenvalue weighted by atomic mass is 31.1. The minimum atomic E-state index is -3.20. The van der Waals surface area contributed by atoms with Gasteiger partial charge in [-0.25, -0.2) is 4.57 Å². The van der Waals surface area contributed by atoms with Crippen LogP contribution in [0.25, 0.3) is 11.4 Å². The molecule has 0 spiro atoms. The summed E-state index contributed by atoms with van der Waals surface area (Å²) in [7, 11) is -1.63. The second-order valence-electron chi connectivity index (χ2n) is 8.83. The summed E-state index contributed by atoms with van der Waals surface area (Å²) < 4.78 is 33.9. The molecule has 0 saturated heterocycles. The fourth-order valence-corrected chi connectivity index (χ4v) is 3.23. The standard InChI is InChI=1S/C24H29N2O6P/c1-23(2,3)31-21-15-20(25-22(26-21)16-10-8-7-9-11-16)30-18-12-17(24(4,5)29-6)13-19(14-18)32-33(27)28/h7-15,33H,1-6H3,(H,27,28). The lowest BCUT2D eigenvalue weighted by atomic mass is 9.97. The lowest BCUT2D eigenvalue weighted by Gasteiger charge is -2.24. The predicted octanol–water partition coefficient (Wildman–Crippen LogP) is 5.76. The maximum atomic E-state index is 11.3. The number of nitrogens with zero attached hydrogens (tertiary/aromatic N) is 2. The Morgan fingerprint density at radius 2 is 1.52 bits per heavy atom. The SMILES string of the molecule is COC(C)(C)c1cc(Oc2cc(OC(C)(C)C)nc(-c3ccccc3)n2)cc(O[PH](=O)O)c1. The molecule has 0 aliphatic carbocycles. The van der Waals surface area contributed by atoms with E-state index in [0.29, 0.717) is 23.0 Å². The smallest absolute Gasteiger partial charge is 0.365 e. The van der Waals surface area contributed by atoms with Crippen LogP contribution >= 0.6 is 8.25 Å². The van der Waals surface area contributed by atoms with Crippen LogP contribution in [0.3, 0.4) is 0 Å². The van der Waals surface area contributed by atoms with E-state index in [1.807, 2.05) is 65.0 Å². The van der Waals surface area contributed by atoms with E-state index in [-0.39, 0.29) is 11.6 Å². The number of hydrogen-bond acceptors (Lipinski definition) is 7. The van der Waals surface area contributed by atoms with Gasteiger partial charge in [0.05, 0.1) is 11.7 Å². The zero-order valence-corrected chi connectivity index (χ0v) is 20.6. The quantitative estimate of drug-likeness (QED) is 0.413. The van der Waals surface area contributed by atoms with Crippen LogP contribution in [0.1, 0.15) is 40.2 Å². The molecule has 1 aromatic heterocycles. The highest BCUT2D eigenvalue weighted by Gasteiger charge is 2.23. The Bertz CT molecular complexity index is 1130. The molecule has 0 amide bonds. The predicted molar refractivity (Wildman–Crippen MR) is 126 cm³/mol. The van der Waals surface area contributed by atoms with Crippen LogP contribution in [0.5, 0.6) is 23.3 Å². The molecule has 1 unspecified atom stereocenters. The molecule has 1 heterocycles. The number of aromatic nitrogens is 2. The van der Waals surface area contributed by atoms with E-state index in [0.717, 1.165) is 5.56 Å². The van der Waals surface area contributed by atoms with Gasteiger partial charge in [0.15, 0.2) is 5.82 Å². The Kier molecular flexibility index (Phi) is 7.42. The zero-order chi connectivity index (χ0) is 24.2. The van der Waals surface area contributed by atoms with Gasteiger partial charge in [-0.2, -0.15) is 9.97 Å². The largest absolute Gasteiger partial charge is 0.472 e. The third-order valence-electron chi connectivity index (χ3n) is 4.64. The van der Waals surface area contributed by atoms with E-state index in [1.165, 1.54) is 6.07 Å². The summed E-state index contributed by atoms with van der Waals surface area (Å²) in [4.78, 5) is 18.3. The molecule has 0 bridgehead atoms. The first-order chi connectivity index (χ1) is 15.4. The van der Waals surface area contributed by atoms with Gasteiger partial charge >= 0.3 is 8.25 Å². The van der Waals surface area contributed by atoms with E-state index in [9.17, 15) is 9.46 Å². The van der Waals surface area contributed by atoms with Gasteiger partial charge in [0.2, 0.25) is 11.8 Å². The fourth-order valence-electron chi connectivity index (χ4n) is 2.92. The van der Waals surface area contributed by atoms with Crippen molar-refractivity contribution in [2.45, 2.75) is 45.8 Å². The number of ether oxygens (including phenoxy) is 3. The normalized spacial score (nSPS) is 12.8. The fraction of sp³-hybridized carbons (Fsp3) is 0.333. The van der Waals surface area contributed by atoms with Gasteiger partial charge in [-0.05, 0) is 52.3 Å². The van der Waals surface area contributed by atoms with Crippen molar-refractivity contribution in [1.29, 1.82) is 0 Å². The van der Waals surface area contributed by atoms with Crippen molar-refractivity contribution < 1.29 is 28.2 Å². The second kappa shape index (κ2) is 9.91. The molecular formula is C24H29N2O6P. The number of benzene rings is 2. The molecule has 2 aromatic carbocycles. The first kappa shape index (κ1) is 24.7. The Balaban J connectivity index is 2.06. The van der Waals surface area contributed by atoms with Crippen molar-refractivity contribution in [3.63, 3.8) is 0 Å². The molecule has 1 N–H and O–H groups in total. The Labute approximate surface area is 194 Å². The van der Waals surface area contributed by atoms with Crippen molar-refractivity contribution in [3.05, 3.63) is 60.2 Å². The first-order valence-electron chi connectivity index (χ1n) is 10.4. The van der Waals surface area contributed by atoms with Gasteiger partial charge in [-0.1, -0.05) is 30.3 Å². The van der Waals surface area contributed by atoms with E-state index in [2.05, 4.69) is 9.97 Å². The number of hydrogen-bond donors (Lipinski definition) is 1. The summed E-state index contributed by atoms with van der Waals surface area (Å²) in [6.07, 6.45) is 0. The van der Waals surface area contributed by atoms with Gasteiger partial charge in [0.25, 0.3) is 0 Å². The molecule has 3 aromatic rings. The second-order valence-corrected chi connectivity index (χ2v) is 9.56. The molecule has 176 valence electrons. The molecule has 0 saturated carbocycles. The molecule has 0 fully saturated rings. The summed E-state index contributed by atoms with van der Waals surface area (Å²) in [6, 6.07) is 16.0. The van der Waals surface area contributed by atoms with E-state index in [1.54, 1.807) is 25.3 Å². The molecule has 33 heavy (non-hydrogen) atoms. The topological polar surface area (TPSA) is 100 Å². The van der Waals surface area contributed by atoms with E-state index >= 15 is 0 Å². The summed E-state index contributed by atoms with van der Waals surface area (Å²) in [6.45, 7) is 9.51. The number of methoxy groups -OCH3 is 1. The zero-order valence-electron chi connectivity index (χ0n) is 19.6. The first-order valence-corrected chi connectivity index (χ1v) is 11.6. The van der Waals surface area contributed by atoms with Crippen LogP contribution in [-0.4, -0.2) is 27.6 Å². The van der Waals surface area contributed by atoms with Crippen LogP contribution in [0.4, 0.5) is 0 Å². The summed E-state index contributed by atoms with van der Waals surface area (Å²) >= 11 is 0.